The van der Waals surface area contributed by atoms with E-state index in [2.05, 4.69) is 9.97 Å². The molecule has 2 aromatic rings. The number of anilines is 2. The van der Waals surface area contributed by atoms with Gasteiger partial charge < -0.3 is 9.80 Å². The predicted octanol–water partition coefficient (Wildman–Crippen LogP) is 2.96. The van der Waals surface area contributed by atoms with Crippen molar-refractivity contribution >= 4 is 11.6 Å². The third-order valence-corrected chi connectivity index (χ3v) is 3.70. The van der Waals surface area contributed by atoms with Gasteiger partial charge in [-0.1, -0.05) is 6.07 Å². The van der Waals surface area contributed by atoms with Gasteiger partial charge in [0.05, 0.1) is 5.56 Å². The Labute approximate surface area is 130 Å². The van der Waals surface area contributed by atoms with Crippen molar-refractivity contribution in [3.05, 3.63) is 48.0 Å². The molecule has 8 heteroatoms. The SMILES string of the molecule is Fc1cccc(N2CCN(c3ccc(C(F)(F)F)cn3)CC2)n1. The average molecular weight is 326 g/mol. The summed E-state index contributed by atoms with van der Waals surface area (Å²) in [6, 6.07) is 7.02. The second-order valence-corrected chi connectivity index (χ2v) is 5.20. The number of pyridine rings is 2. The summed E-state index contributed by atoms with van der Waals surface area (Å²) in [5.41, 5.74) is -0.760. The molecule has 0 unspecified atom stereocenters. The molecule has 1 aliphatic rings. The Balaban J connectivity index is 1.65. The lowest BCUT2D eigenvalue weighted by Crippen LogP contribution is -2.47. The Bertz CT molecular complexity index is 664. The lowest BCUT2D eigenvalue weighted by Gasteiger charge is -2.36. The minimum absolute atomic E-state index is 0.504. The van der Waals surface area contributed by atoms with Gasteiger partial charge in [0.1, 0.15) is 11.6 Å². The van der Waals surface area contributed by atoms with Gasteiger partial charge >= 0.3 is 6.18 Å². The Kier molecular flexibility index (Phi) is 4.06. The van der Waals surface area contributed by atoms with Crippen LogP contribution in [0.2, 0.25) is 0 Å². The van der Waals surface area contributed by atoms with Gasteiger partial charge in [0.25, 0.3) is 0 Å². The largest absolute Gasteiger partial charge is 0.417 e. The Morgan fingerprint density at radius 1 is 0.870 bits per heavy atom. The molecule has 0 aliphatic carbocycles. The molecule has 3 heterocycles. The highest BCUT2D eigenvalue weighted by Gasteiger charge is 2.31. The van der Waals surface area contributed by atoms with Crippen LogP contribution in [0.25, 0.3) is 0 Å². The molecule has 0 amide bonds. The van der Waals surface area contributed by atoms with Crippen LogP contribution < -0.4 is 9.80 Å². The van der Waals surface area contributed by atoms with Crippen molar-refractivity contribution in [3.8, 4) is 0 Å². The molecular formula is C15H14F4N4. The van der Waals surface area contributed by atoms with Gasteiger partial charge in [-0.3, -0.25) is 0 Å². The summed E-state index contributed by atoms with van der Waals surface area (Å²) in [5, 5.41) is 0. The summed E-state index contributed by atoms with van der Waals surface area (Å²) in [6.45, 7) is 2.35. The van der Waals surface area contributed by atoms with Gasteiger partial charge in [0.2, 0.25) is 5.95 Å². The Hall–Kier alpha value is -2.38. The molecule has 0 bridgehead atoms. The Morgan fingerprint density at radius 2 is 1.52 bits per heavy atom. The highest BCUT2D eigenvalue weighted by atomic mass is 19.4. The standard InChI is InChI=1S/C15H14F4N4/c16-12-2-1-3-14(21-12)23-8-6-22(7-9-23)13-5-4-11(10-20-13)15(17,18)19/h1-5,10H,6-9H2. The first-order chi connectivity index (χ1) is 10.9. The fourth-order valence-corrected chi connectivity index (χ4v) is 2.48. The van der Waals surface area contributed by atoms with Crippen LogP contribution >= 0.6 is 0 Å². The summed E-state index contributed by atoms with van der Waals surface area (Å²) in [6.07, 6.45) is -3.54. The van der Waals surface area contributed by atoms with Crippen LogP contribution in [0.15, 0.2) is 36.5 Å². The summed E-state index contributed by atoms with van der Waals surface area (Å²) in [7, 11) is 0. The van der Waals surface area contributed by atoms with E-state index in [4.69, 9.17) is 0 Å². The number of rotatable bonds is 2. The zero-order chi connectivity index (χ0) is 16.4. The maximum absolute atomic E-state index is 13.1. The minimum Gasteiger partial charge on any atom is -0.353 e. The van der Waals surface area contributed by atoms with Gasteiger partial charge in [0, 0.05) is 32.4 Å². The molecular weight excluding hydrogens is 312 g/mol. The first kappa shape index (κ1) is 15.5. The van der Waals surface area contributed by atoms with Crippen molar-refractivity contribution in [1.82, 2.24) is 9.97 Å². The van der Waals surface area contributed by atoms with E-state index >= 15 is 0 Å². The number of hydrogen-bond donors (Lipinski definition) is 0. The predicted molar refractivity (Wildman–Crippen MR) is 77.9 cm³/mol. The molecule has 122 valence electrons. The monoisotopic (exact) mass is 326 g/mol. The normalized spacial score (nSPS) is 15.8. The molecule has 0 N–H and O–H groups in total. The third-order valence-electron chi connectivity index (χ3n) is 3.70. The van der Waals surface area contributed by atoms with Gasteiger partial charge in [-0.15, -0.1) is 0 Å². The van der Waals surface area contributed by atoms with Gasteiger partial charge in [-0.25, -0.2) is 9.97 Å². The zero-order valence-electron chi connectivity index (χ0n) is 12.1. The molecule has 0 spiro atoms. The van der Waals surface area contributed by atoms with Crippen LogP contribution in [0.4, 0.5) is 29.2 Å². The maximum atomic E-state index is 13.1. The van der Waals surface area contributed by atoms with Gasteiger partial charge in [-0.05, 0) is 24.3 Å². The van der Waals surface area contributed by atoms with E-state index in [-0.39, 0.29) is 0 Å². The lowest BCUT2D eigenvalue weighted by atomic mass is 10.2. The van der Waals surface area contributed by atoms with Crippen LogP contribution in [-0.4, -0.2) is 36.1 Å². The molecule has 1 saturated heterocycles. The summed E-state index contributed by atoms with van der Waals surface area (Å²) >= 11 is 0. The highest BCUT2D eigenvalue weighted by Crippen LogP contribution is 2.29. The first-order valence-electron chi connectivity index (χ1n) is 7.09. The van der Waals surface area contributed by atoms with Crippen molar-refractivity contribution in [2.24, 2.45) is 0 Å². The van der Waals surface area contributed by atoms with E-state index in [1.54, 1.807) is 12.1 Å². The molecule has 4 nitrogen and oxygen atoms in total. The fourth-order valence-electron chi connectivity index (χ4n) is 2.48. The molecule has 0 atom stereocenters. The Morgan fingerprint density at radius 3 is 2.04 bits per heavy atom. The molecule has 0 saturated carbocycles. The van der Waals surface area contributed by atoms with Crippen LogP contribution in [-0.2, 0) is 6.18 Å². The third kappa shape index (κ3) is 3.52. The second kappa shape index (κ2) is 6.02. The molecule has 0 radical (unpaired) electrons. The second-order valence-electron chi connectivity index (χ2n) is 5.20. The van der Waals surface area contributed by atoms with Crippen molar-refractivity contribution in [3.63, 3.8) is 0 Å². The molecule has 23 heavy (non-hydrogen) atoms. The number of alkyl halides is 3. The number of hydrogen-bond acceptors (Lipinski definition) is 4. The van der Waals surface area contributed by atoms with Gasteiger partial charge in [-0.2, -0.15) is 17.6 Å². The number of aromatic nitrogens is 2. The van der Waals surface area contributed by atoms with E-state index in [1.807, 2.05) is 9.80 Å². The smallest absolute Gasteiger partial charge is 0.353 e. The van der Waals surface area contributed by atoms with Crippen molar-refractivity contribution < 1.29 is 17.6 Å². The van der Waals surface area contributed by atoms with Crippen molar-refractivity contribution in [2.75, 3.05) is 36.0 Å². The van der Waals surface area contributed by atoms with Crippen LogP contribution in [0.5, 0.6) is 0 Å². The topological polar surface area (TPSA) is 32.3 Å². The zero-order valence-corrected chi connectivity index (χ0v) is 12.1. The molecule has 0 aromatic carbocycles. The van der Waals surface area contributed by atoms with Crippen molar-refractivity contribution in [1.29, 1.82) is 0 Å². The molecule has 3 rings (SSSR count). The number of nitrogens with zero attached hydrogens (tertiary/aromatic N) is 4. The van der Waals surface area contributed by atoms with Crippen LogP contribution in [0.1, 0.15) is 5.56 Å². The number of halogens is 4. The van der Waals surface area contributed by atoms with E-state index in [0.29, 0.717) is 37.8 Å². The molecule has 2 aromatic heterocycles. The first-order valence-corrected chi connectivity index (χ1v) is 7.09. The van der Waals surface area contributed by atoms with Crippen LogP contribution in [0, 0.1) is 5.95 Å². The van der Waals surface area contributed by atoms with Crippen molar-refractivity contribution in [2.45, 2.75) is 6.18 Å². The number of piperazine rings is 1. The van der Waals surface area contributed by atoms with E-state index in [0.717, 1.165) is 12.3 Å². The maximum Gasteiger partial charge on any atom is 0.417 e. The van der Waals surface area contributed by atoms with E-state index < -0.39 is 17.7 Å². The molecule has 1 fully saturated rings. The van der Waals surface area contributed by atoms with E-state index in [1.165, 1.54) is 12.1 Å². The van der Waals surface area contributed by atoms with Gasteiger partial charge in [0.15, 0.2) is 0 Å². The summed E-state index contributed by atoms with van der Waals surface area (Å²) in [4.78, 5) is 11.6. The minimum atomic E-state index is -4.38. The molecule has 1 aliphatic heterocycles. The quantitative estimate of drug-likeness (QED) is 0.627. The summed E-state index contributed by atoms with van der Waals surface area (Å²) < 4.78 is 50.8. The van der Waals surface area contributed by atoms with Crippen LogP contribution in [0.3, 0.4) is 0 Å². The fraction of sp³-hybridized carbons (Fsp3) is 0.333. The highest BCUT2D eigenvalue weighted by molar-refractivity contribution is 5.45. The lowest BCUT2D eigenvalue weighted by molar-refractivity contribution is -0.137. The summed E-state index contributed by atoms with van der Waals surface area (Å²) in [5.74, 6) is 0.532. The van der Waals surface area contributed by atoms with E-state index in [9.17, 15) is 17.6 Å². The average Bonchev–Trinajstić information content (AvgIpc) is 2.54.